The van der Waals surface area contributed by atoms with Crippen molar-refractivity contribution in [3.63, 3.8) is 0 Å². The summed E-state index contributed by atoms with van der Waals surface area (Å²) in [5.74, 6) is -4.83. The number of hydrogen-bond donors (Lipinski definition) is 4. The number of ketones is 1. The summed E-state index contributed by atoms with van der Waals surface area (Å²) in [7, 11) is 0. The predicted octanol–water partition coefficient (Wildman–Crippen LogP) is 20.3. The summed E-state index contributed by atoms with van der Waals surface area (Å²) >= 11 is 14.2. The number of unbranched alkanes of at least 4 members (excludes halogenated alkanes) is 3. The number of halogens is 6. The number of hydrogen-bond acceptors (Lipinski definition) is 25. The number of aromatic nitrogens is 7. The molecule has 3 aliphatic heterocycles. The van der Waals surface area contributed by atoms with E-state index in [4.69, 9.17) is 50.1 Å². The van der Waals surface area contributed by atoms with Crippen LogP contribution in [-0.2, 0) is 63.4 Å². The number of aryl methyl sites for hydroxylation is 1. The first-order chi connectivity index (χ1) is 56.5. The maximum Gasteiger partial charge on any atom is 0.417 e. The molecule has 3 fully saturated rings. The van der Waals surface area contributed by atoms with Gasteiger partial charge in [-0.3, -0.25) is 19.6 Å². The topological polar surface area (TPSA) is 351 Å². The van der Waals surface area contributed by atoms with Crippen LogP contribution in [0.2, 0.25) is 13.3 Å². The number of nitrogens with zero attached hydrogens (tertiary/aromatic N) is 7. The number of benzene rings is 1. The summed E-state index contributed by atoms with van der Waals surface area (Å²) in [4.78, 5) is 81.6. The zero-order chi connectivity index (χ0) is 88.7. The van der Waals surface area contributed by atoms with Crippen molar-refractivity contribution in [1.29, 1.82) is 0 Å². The van der Waals surface area contributed by atoms with Crippen LogP contribution in [0.5, 0.6) is 0 Å². The molecular formula is C87H113Br5FN9O16Sn. The van der Waals surface area contributed by atoms with Crippen LogP contribution in [0.25, 0.3) is 17.2 Å². The van der Waals surface area contributed by atoms with Gasteiger partial charge in [0.05, 0.1) is 57.6 Å². The van der Waals surface area contributed by atoms with E-state index >= 15 is 0 Å². The Morgan fingerprint density at radius 3 is 1.32 bits per heavy atom. The van der Waals surface area contributed by atoms with Gasteiger partial charge in [-0.1, -0.05) is 49.9 Å². The number of Topliss-reactive ketones (excluding diaryl/α,β-unsaturated/α-hetero) is 1. The molecule has 0 bridgehead atoms. The van der Waals surface area contributed by atoms with Crippen LogP contribution in [-0.4, -0.2) is 157 Å². The minimum absolute atomic E-state index is 0.00519. The predicted molar refractivity (Wildman–Crippen MR) is 480 cm³/mol. The first-order valence-corrected chi connectivity index (χ1v) is 50.5. The number of nitrogens with two attached hydrogens (primary N) is 2. The van der Waals surface area contributed by atoms with Crippen molar-refractivity contribution in [2.45, 2.75) is 190 Å². The van der Waals surface area contributed by atoms with Crippen LogP contribution in [0.15, 0.2) is 181 Å². The Morgan fingerprint density at radius 2 is 0.983 bits per heavy atom. The Hall–Kier alpha value is -7.09. The maximum atomic E-state index is 13.7. The van der Waals surface area contributed by atoms with Gasteiger partial charge in [0.1, 0.15) is 60.2 Å². The fourth-order valence-corrected chi connectivity index (χ4v) is 24.9. The van der Waals surface area contributed by atoms with E-state index in [2.05, 4.69) is 167 Å². The largest absolute Gasteiger partial charge is 0.460 e. The minimum Gasteiger partial charge on any atom is -0.460 e. The summed E-state index contributed by atoms with van der Waals surface area (Å²) in [6.45, 7) is 35.0. The average Bonchev–Trinajstić information content (AvgIpc) is 1.06. The van der Waals surface area contributed by atoms with E-state index in [-0.39, 0.29) is 61.9 Å². The molecule has 0 amide bonds. The number of carbonyl (C=O) groups is 5. The van der Waals surface area contributed by atoms with Crippen molar-refractivity contribution in [3.05, 3.63) is 231 Å². The van der Waals surface area contributed by atoms with Crippen molar-refractivity contribution >= 4 is 146 Å². The molecule has 3 saturated heterocycles. The van der Waals surface area contributed by atoms with Crippen LogP contribution in [0.4, 0.5) is 15.9 Å². The summed E-state index contributed by atoms with van der Waals surface area (Å²) in [6.07, 6.45) is 22.1. The van der Waals surface area contributed by atoms with Gasteiger partial charge in [-0.25, -0.2) is 43.7 Å². The molecule has 648 valence electrons. The smallest absolute Gasteiger partial charge is 0.417 e. The molecule has 32 heteroatoms. The van der Waals surface area contributed by atoms with E-state index in [1.54, 1.807) is 101 Å². The Bertz CT molecular complexity index is 4210. The van der Waals surface area contributed by atoms with Gasteiger partial charge in [-0.15, -0.1) is 0 Å². The number of aliphatic hydroxyl groups excluding tert-OH is 2. The van der Waals surface area contributed by atoms with E-state index in [9.17, 15) is 28.4 Å². The molecule has 0 saturated carbocycles. The number of anilines is 2. The van der Waals surface area contributed by atoms with Gasteiger partial charge in [-0.2, -0.15) is 0 Å². The van der Waals surface area contributed by atoms with Gasteiger partial charge in [0.25, 0.3) is 5.78 Å². The Labute approximate surface area is 745 Å². The van der Waals surface area contributed by atoms with Crippen LogP contribution in [0.1, 0.15) is 207 Å². The van der Waals surface area contributed by atoms with Crippen LogP contribution in [0, 0.1) is 5.82 Å². The van der Waals surface area contributed by atoms with Gasteiger partial charge < -0.3 is 64.3 Å². The molecule has 8 aromatic rings. The molecular weight excluding hydrogens is 1960 g/mol. The molecule has 3 aliphatic rings. The summed E-state index contributed by atoms with van der Waals surface area (Å²) in [5.41, 5.74) is 19.1. The van der Waals surface area contributed by atoms with Crippen molar-refractivity contribution < 1.29 is 81.2 Å². The zero-order valence-electron chi connectivity index (χ0n) is 69.9. The monoisotopic (exact) mass is 2070 g/mol. The van der Waals surface area contributed by atoms with Gasteiger partial charge in [0.15, 0.2) is 23.6 Å². The minimum atomic E-state index is -1.85. The fourth-order valence-electron chi connectivity index (χ4n) is 10.8. The summed E-state index contributed by atoms with van der Waals surface area (Å²) in [6, 6.07) is 28.5. The van der Waals surface area contributed by atoms with E-state index in [1.807, 2.05) is 103 Å². The molecule has 119 heavy (non-hydrogen) atoms. The second-order valence-corrected chi connectivity index (χ2v) is 45.1. The first-order valence-electron chi connectivity index (χ1n) is 38.9. The fraction of sp³-hybridized carbons (Fsp3) is 0.425. The molecule has 0 aliphatic carbocycles. The van der Waals surface area contributed by atoms with Gasteiger partial charge in [0, 0.05) is 81.2 Å². The number of esters is 3. The molecule has 0 radical (unpaired) electrons. The SMILES string of the molecule is Brc1ccc(Br)nc1.C=Cc1ccc(C2COC(C)(C)O2)cn1.C=[CH][Sn]([CH2]CCC)([CH2]CCC)[CH2]CCC.CC1(C)OCC(c2ccc(Br)nc2)O1.CC1(C)OCC(c2ccc(C=O)nc2)O1.CCOC(=O)C(=O)OCC.CCOC(=O)C(=O)c1ccc(Br)nc1.CCc1ccc(-c2ccnc(N)c2N)cc1F.OCC(O)c1ccc(Br)nc1. The third-order valence-electron chi connectivity index (χ3n) is 17.3. The van der Waals surface area contributed by atoms with Crippen LogP contribution < -0.4 is 11.5 Å². The molecule has 7 aromatic heterocycles. The summed E-state index contributed by atoms with van der Waals surface area (Å²) in [5, 5.41) is 17.7. The molecule has 4 unspecified atom stereocenters. The third-order valence-corrected chi connectivity index (χ3v) is 33.7. The Morgan fingerprint density at radius 1 is 0.555 bits per heavy atom. The number of nitrogen functional groups attached to an aromatic ring is 2. The molecule has 4 atom stereocenters. The van der Waals surface area contributed by atoms with Crippen LogP contribution in [0.3, 0.4) is 0 Å². The van der Waals surface area contributed by atoms with Gasteiger partial charge in [-0.05, 0) is 226 Å². The molecule has 11 rings (SSSR count). The number of ether oxygens (including phenoxy) is 9. The van der Waals surface area contributed by atoms with E-state index in [0.29, 0.717) is 69.1 Å². The van der Waals surface area contributed by atoms with Crippen molar-refractivity contribution in [2.24, 2.45) is 0 Å². The third kappa shape index (κ3) is 40.6. The number of carbonyl (C=O) groups excluding carboxylic acids is 5. The Balaban J connectivity index is 0.000000348. The van der Waals surface area contributed by atoms with Gasteiger partial charge >= 0.3 is 120 Å². The zero-order valence-corrected chi connectivity index (χ0v) is 80.7. The molecule has 1 aromatic carbocycles. The normalized spacial score (nSPS) is 15.7. The Kier molecular flexibility index (Phi) is 50.4. The first kappa shape index (κ1) is 106. The number of aldehydes is 1. The van der Waals surface area contributed by atoms with E-state index in [1.165, 1.54) is 63.1 Å². The second-order valence-electron chi connectivity index (χ2n) is 27.7. The number of rotatable bonds is 24. The molecule has 0 spiro atoms. The second kappa shape index (κ2) is 56.6. The molecule has 6 N–H and O–H groups in total. The molecule has 25 nitrogen and oxygen atoms in total. The quantitative estimate of drug-likeness (QED) is 0.00830. The summed E-state index contributed by atoms with van der Waals surface area (Å²) < 4.78 is 71.6. The number of aliphatic hydroxyl groups is 2. The van der Waals surface area contributed by atoms with Crippen molar-refractivity contribution in [1.82, 2.24) is 34.9 Å². The maximum absolute atomic E-state index is 13.7. The van der Waals surface area contributed by atoms with Gasteiger partial charge in [0.2, 0.25) is 0 Å². The van der Waals surface area contributed by atoms with Crippen LogP contribution >= 0.6 is 79.6 Å². The number of pyridine rings is 7. The molecule has 10 heterocycles. The van der Waals surface area contributed by atoms with Crippen molar-refractivity contribution in [3.8, 4) is 11.1 Å². The van der Waals surface area contributed by atoms with E-state index in [0.717, 1.165) is 42.3 Å². The van der Waals surface area contributed by atoms with Crippen molar-refractivity contribution in [2.75, 3.05) is 57.7 Å². The standard InChI is InChI=1S/C13H14FN3.C12H15NO2.C11H13NO3.C10H12BrNO2.C9H8BrNO3.C7H8BrNO2.C6H10O4.C5H3Br2N.3C4H9.C2H3.Sn/c1-2-8-3-4-9(7-11(8)14)10-5-6-17-13(16)12(10)15;1-4-10-6-5-9(7-13-10)11-8-14-12(2,3)15-11;1-11(2)14-7-10(15-11)8-3-4-9(6-13)12-5-8;1-10(2)13-6-8(14-10)7-3-4-9(11)12-5-7;1-2-14-9(13)8(12)6-3-4-7(10)11-5-6;8-7-2-1-5(3-9-7)6(11)4-10;1-3-9-5(7)6(8)10-4-2;6-4-1-2-5(7)8-3-4;3*1-3-4-2;1-2;/h3-7H,2,15H2,1H3,(H2,16,17);4-7,11H,1,8H2,2-3H3;3-6,10H,7H2,1-2H3;3-5,8H,6H2,1-2H3;3-5H,2H2,1H3;1-3,6,10-11H,4H2;3-4H2,1-2H3;1-3H;3*1,3-4H2,2H3;1H,2H2;. The average molecular weight is 2080 g/mol. The van der Waals surface area contributed by atoms with E-state index < -0.39 is 65.5 Å².